The SMILES string of the molecule is FC(F)(F)N1O[CH]C=C1Br. The van der Waals surface area contributed by atoms with Crippen LogP contribution in [0, 0.1) is 6.61 Å². The maximum absolute atomic E-state index is 11.7. The molecule has 1 heterocycles. The fraction of sp³-hybridized carbons (Fsp3) is 0.250. The highest BCUT2D eigenvalue weighted by Gasteiger charge is 2.41. The summed E-state index contributed by atoms with van der Waals surface area (Å²) < 4.78 is 35.0. The summed E-state index contributed by atoms with van der Waals surface area (Å²) in [6, 6.07) is 0. The quantitative estimate of drug-likeness (QED) is 0.576. The average molecular weight is 217 g/mol. The number of hydrogen-bond acceptors (Lipinski definition) is 2. The van der Waals surface area contributed by atoms with Crippen LogP contribution in [0.25, 0.3) is 0 Å². The highest BCUT2D eigenvalue weighted by molar-refractivity contribution is 9.11. The summed E-state index contributed by atoms with van der Waals surface area (Å²) in [5, 5.41) is -0.188. The average Bonchev–Trinajstić information content (AvgIpc) is 2.11. The lowest BCUT2D eigenvalue weighted by atomic mass is 10.7. The maximum atomic E-state index is 11.7. The van der Waals surface area contributed by atoms with E-state index in [2.05, 4.69) is 20.8 Å². The molecule has 10 heavy (non-hydrogen) atoms. The van der Waals surface area contributed by atoms with Crippen molar-refractivity contribution in [1.82, 2.24) is 5.06 Å². The van der Waals surface area contributed by atoms with E-state index < -0.39 is 6.30 Å². The Labute approximate surface area is 63.3 Å². The lowest BCUT2D eigenvalue weighted by Crippen LogP contribution is -2.32. The molecule has 0 saturated carbocycles. The van der Waals surface area contributed by atoms with Crippen LogP contribution in [0.5, 0.6) is 0 Å². The predicted octanol–water partition coefficient (Wildman–Crippen LogP) is 2.15. The normalized spacial score (nSPS) is 19.6. The van der Waals surface area contributed by atoms with Gasteiger partial charge in [0, 0.05) is 0 Å². The molecule has 0 N–H and O–H groups in total. The first-order chi connectivity index (χ1) is 4.52. The van der Waals surface area contributed by atoms with Crippen LogP contribution < -0.4 is 0 Å². The Morgan fingerprint density at radius 1 is 1.50 bits per heavy atom. The molecule has 1 rings (SSSR count). The second-order valence-electron chi connectivity index (χ2n) is 1.49. The summed E-state index contributed by atoms with van der Waals surface area (Å²) in [5.41, 5.74) is 0. The van der Waals surface area contributed by atoms with Gasteiger partial charge in [0.1, 0.15) is 11.2 Å². The van der Waals surface area contributed by atoms with Gasteiger partial charge in [-0.15, -0.1) is 13.2 Å². The van der Waals surface area contributed by atoms with Crippen molar-refractivity contribution >= 4 is 15.9 Å². The van der Waals surface area contributed by atoms with Crippen LogP contribution in [-0.2, 0) is 4.84 Å². The molecule has 0 saturated heterocycles. The summed E-state index contributed by atoms with van der Waals surface area (Å²) in [4.78, 5) is 4.07. The van der Waals surface area contributed by atoms with E-state index in [9.17, 15) is 13.2 Å². The largest absolute Gasteiger partial charge is 0.508 e. The zero-order valence-corrected chi connectivity index (χ0v) is 6.11. The molecule has 0 aromatic carbocycles. The van der Waals surface area contributed by atoms with Gasteiger partial charge in [0.2, 0.25) is 0 Å². The van der Waals surface area contributed by atoms with E-state index in [0.717, 1.165) is 12.7 Å². The molecule has 1 aliphatic rings. The summed E-state index contributed by atoms with van der Waals surface area (Å²) in [5.74, 6) is 0. The fourth-order valence-corrected chi connectivity index (χ4v) is 0.839. The first-order valence-corrected chi connectivity index (χ1v) is 3.04. The minimum absolute atomic E-state index is 0.153. The van der Waals surface area contributed by atoms with Gasteiger partial charge in [-0.1, -0.05) is 0 Å². The molecule has 0 amide bonds. The lowest BCUT2D eigenvalue weighted by Gasteiger charge is -2.19. The molecular weight excluding hydrogens is 215 g/mol. The summed E-state index contributed by atoms with van der Waals surface area (Å²) in [6.07, 6.45) is -3.32. The Kier molecular flexibility index (Phi) is 1.91. The second kappa shape index (κ2) is 2.43. The van der Waals surface area contributed by atoms with Gasteiger partial charge in [-0.25, -0.2) is 0 Å². The second-order valence-corrected chi connectivity index (χ2v) is 2.31. The van der Waals surface area contributed by atoms with E-state index >= 15 is 0 Å². The van der Waals surface area contributed by atoms with Crippen molar-refractivity contribution < 1.29 is 18.0 Å². The molecule has 2 nitrogen and oxygen atoms in total. The fourth-order valence-electron chi connectivity index (χ4n) is 0.446. The van der Waals surface area contributed by atoms with Crippen molar-refractivity contribution in [2.75, 3.05) is 0 Å². The summed E-state index contributed by atoms with van der Waals surface area (Å²) in [6.45, 7) is 0.942. The van der Waals surface area contributed by atoms with Crippen molar-refractivity contribution in [3.05, 3.63) is 17.3 Å². The van der Waals surface area contributed by atoms with E-state index in [4.69, 9.17) is 0 Å². The third-order valence-corrected chi connectivity index (χ3v) is 1.38. The molecule has 6 heteroatoms. The molecule has 1 radical (unpaired) electrons. The Morgan fingerprint density at radius 2 is 2.10 bits per heavy atom. The molecule has 0 atom stereocenters. The van der Waals surface area contributed by atoms with Gasteiger partial charge >= 0.3 is 6.30 Å². The topological polar surface area (TPSA) is 12.5 Å². The van der Waals surface area contributed by atoms with E-state index in [0.29, 0.717) is 0 Å². The minimum Gasteiger partial charge on any atom is -0.255 e. The Hall–Kier alpha value is -0.230. The lowest BCUT2D eigenvalue weighted by molar-refractivity contribution is -0.330. The highest BCUT2D eigenvalue weighted by Crippen LogP contribution is 2.33. The monoisotopic (exact) mass is 216 g/mol. The Bertz CT molecular complexity index is 166. The van der Waals surface area contributed by atoms with E-state index in [-0.39, 0.29) is 9.67 Å². The van der Waals surface area contributed by atoms with E-state index in [1.807, 2.05) is 0 Å². The minimum atomic E-state index is -4.48. The van der Waals surface area contributed by atoms with E-state index in [1.165, 1.54) is 0 Å². The third kappa shape index (κ3) is 1.43. The summed E-state index contributed by atoms with van der Waals surface area (Å²) >= 11 is 2.65. The molecular formula is C4H2BrF3NO. The molecule has 0 aromatic heterocycles. The molecule has 0 unspecified atom stereocenters. The molecule has 0 fully saturated rings. The van der Waals surface area contributed by atoms with Gasteiger partial charge in [0.05, 0.1) is 0 Å². The zero-order valence-electron chi connectivity index (χ0n) is 4.52. The third-order valence-electron chi connectivity index (χ3n) is 0.796. The van der Waals surface area contributed by atoms with Crippen LogP contribution in [0.3, 0.4) is 0 Å². The number of nitrogens with zero attached hydrogens (tertiary/aromatic N) is 1. The van der Waals surface area contributed by atoms with Crippen LogP contribution in [0.2, 0.25) is 0 Å². The van der Waals surface area contributed by atoms with Crippen molar-refractivity contribution in [2.45, 2.75) is 6.30 Å². The van der Waals surface area contributed by atoms with Gasteiger partial charge in [0.15, 0.2) is 0 Å². The molecule has 1 aliphatic heterocycles. The molecule has 0 bridgehead atoms. The van der Waals surface area contributed by atoms with E-state index in [1.54, 1.807) is 0 Å². The first-order valence-electron chi connectivity index (χ1n) is 2.24. The smallest absolute Gasteiger partial charge is 0.255 e. The van der Waals surface area contributed by atoms with Crippen LogP contribution in [0.4, 0.5) is 13.2 Å². The molecule has 57 valence electrons. The van der Waals surface area contributed by atoms with Crippen molar-refractivity contribution in [2.24, 2.45) is 0 Å². The predicted molar refractivity (Wildman–Crippen MR) is 30.3 cm³/mol. The van der Waals surface area contributed by atoms with Crippen LogP contribution in [0.1, 0.15) is 0 Å². The van der Waals surface area contributed by atoms with Gasteiger partial charge < -0.3 is 0 Å². The molecule has 0 spiro atoms. The molecule has 0 aromatic rings. The van der Waals surface area contributed by atoms with Crippen LogP contribution >= 0.6 is 15.9 Å². The number of halogens is 4. The summed E-state index contributed by atoms with van der Waals surface area (Å²) in [7, 11) is 0. The van der Waals surface area contributed by atoms with Gasteiger partial charge in [-0.2, -0.15) is 5.06 Å². The van der Waals surface area contributed by atoms with Gasteiger partial charge in [0.25, 0.3) is 0 Å². The Morgan fingerprint density at radius 3 is 2.30 bits per heavy atom. The highest BCUT2D eigenvalue weighted by atomic mass is 79.9. The zero-order chi connectivity index (χ0) is 7.78. The van der Waals surface area contributed by atoms with Crippen LogP contribution in [0.15, 0.2) is 10.7 Å². The van der Waals surface area contributed by atoms with Crippen LogP contribution in [-0.4, -0.2) is 11.4 Å². The maximum Gasteiger partial charge on any atom is 0.508 e. The van der Waals surface area contributed by atoms with Crippen molar-refractivity contribution in [3.8, 4) is 0 Å². The molecule has 0 aliphatic carbocycles. The number of rotatable bonds is 0. The number of hydroxylamine groups is 2. The standard InChI is InChI=1S/C4H2BrF3NO/c5-3-1-2-10-9(3)4(6,7)8/h1-2H. The van der Waals surface area contributed by atoms with Gasteiger partial charge in [-0.05, 0) is 22.0 Å². The first kappa shape index (κ1) is 7.87. The number of alkyl halides is 3. The van der Waals surface area contributed by atoms with Crippen molar-refractivity contribution in [3.63, 3.8) is 0 Å². The van der Waals surface area contributed by atoms with Gasteiger partial charge in [-0.3, -0.25) is 4.84 Å². The number of hydrogen-bond donors (Lipinski definition) is 0. The van der Waals surface area contributed by atoms with Crippen molar-refractivity contribution in [1.29, 1.82) is 0 Å². The Balaban J connectivity index is 2.67.